The van der Waals surface area contributed by atoms with Gasteiger partial charge in [-0.25, -0.2) is 13.2 Å². The van der Waals surface area contributed by atoms with E-state index in [-0.39, 0.29) is 12.5 Å². The summed E-state index contributed by atoms with van der Waals surface area (Å²) >= 11 is 0. The highest BCUT2D eigenvalue weighted by Crippen LogP contribution is 2.19. The average molecular weight is 392 g/mol. The zero-order chi connectivity index (χ0) is 20.7. The number of anilines is 1. The molecule has 0 aromatic heterocycles. The van der Waals surface area contributed by atoms with Crippen molar-refractivity contribution in [2.24, 2.45) is 4.99 Å². The van der Waals surface area contributed by atoms with Crippen molar-refractivity contribution in [3.05, 3.63) is 65.0 Å². The van der Waals surface area contributed by atoms with Crippen LogP contribution in [0.4, 0.5) is 18.9 Å². The van der Waals surface area contributed by atoms with Gasteiger partial charge in [0.25, 0.3) is 0 Å². The quantitative estimate of drug-likeness (QED) is 0.401. The number of aliphatic imine (C=N–C) groups is 1. The van der Waals surface area contributed by atoms with Crippen LogP contribution in [0.2, 0.25) is 0 Å². The zero-order valence-corrected chi connectivity index (χ0v) is 15.9. The molecule has 1 amide bonds. The van der Waals surface area contributed by atoms with Crippen molar-refractivity contribution in [2.75, 3.05) is 25.5 Å². The normalized spacial score (nSPS) is 12.4. The van der Waals surface area contributed by atoms with E-state index in [1.54, 1.807) is 7.05 Å². The second-order valence-corrected chi connectivity index (χ2v) is 6.39. The van der Waals surface area contributed by atoms with Crippen LogP contribution in [0.15, 0.2) is 41.4 Å². The van der Waals surface area contributed by atoms with Crippen molar-refractivity contribution in [2.45, 2.75) is 19.8 Å². The van der Waals surface area contributed by atoms with E-state index in [2.05, 4.69) is 40.0 Å². The highest BCUT2D eigenvalue weighted by molar-refractivity contribution is 5.95. The van der Waals surface area contributed by atoms with Gasteiger partial charge in [-0.05, 0) is 30.5 Å². The van der Waals surface area contributed by atoms with Crippen LogP contribution >= 0.6 is 0 Å². The van der Waals surface area contributed by atoms with E-state index in [1.807, 2.05) is 19.1 Å². The largest absolute Gasteiger partial charge is 0.356 e. The fraction of sp³-hybridized carbons (Fsp3) is 0.300. The summed E-state index contributed by atoms with van der Waals surface area (Å²) in [5.41, 5.74) is 1.92. The summed E-state index contributed by atoms with van der Waals surface area (Å²) in [5, 5.41) is 8.08. The van der Waals surface area contributed by atoms with Gasteiger partial charge in [0.1, 0.15) is 0 Å². The number of benzene rings is 2. The van der Waals surface area contributed by atoms with Crippen molar-refractivity contribution in [3.63, 3.8) is 0 Å². The Bertz CT molecular complexity index is 853. The lowest BCUT2D eigenvalue weighted by Gasteiger charge is -2.16. The number of halogens is 3. The molecule has 3 N–H and O–H groups in total. The Morgan fingerprint density at radius 1 is 1.04 bits per heavy atom. The second kappa shape index (κ2) is 9.77. The third-order valence-corrected chi connectivity index (χ3v) is 4.17. The maximum atomic E-state index is 13.6. The van der Waals surface area contributed by atoms with E-state index < -0.39 is 29.0 Å². The van der Waals surface area contributed by atoms with Crippen molar-refractivity contribution in [1.29, 1.82) is 0 Å². The number of nitrogens with one attached hydrogen (secondary N) is 3. The number of hydrogen-bond donors (Lipinski definition) is 3. The standard InChI is InChI=1S/C20H23F3N4O/c1-12-4-6-14(7-5-12)13(2)10-25-20(24-3)26-11-17(28)27-16-9-8-15(21)18(22)19(16)23/h4-9,13H,10-11H2,1-3H3,(H,27,28)(H2,24,25,26). The molecular weight excluding hydrogens is 369 g/mol. The molecule has 28 heavy (non-hydrogen) atoms. The fourth-order valence-corrected chi connectivity index (χ4v) is 2.46. The minimum Gasteiger partial charge on any atom is -0.356 e. The molecule has 0 aliphatic heterocycles. The van der Waals surface area contributed by atoms with Crippen LogP contribution in [-0.4, -0.2) is 32.0 Å². The van der Waals surface area contributed by atoms with Crippen molar-refractivity contribution < 1.29 is 18.0 Å². The molecule has 8 heteroatoms. The Labute approximate surface area is 162 Å². The minimum atomic E-state index is -1.63. The zero-order valence-electron chi connectivity index (χ0n) is 15.9. The van der Waals surface area contributed by atoms with Crippen LogP contribution in [0.5, 0.6) is 0 Å². The first-order chi connectivity index (χ1) is 13.3. The lowest BCUT2D eigenvalue weighted by atomic mass is 10.0. The molecule has 2 rings (SSSR count). The SMILES string of the molecule is CN=C(NCC(=O)Nc1ccc(F)c(F)c1F)NCC(C)c1ccc(C)cc1. The Kier molecular flexibility index (Phi) is 7.43. The first kappa shape index (κ1) is 21.3. The molecule has 0 aliphatic rings. The Hall–Kier alpha value is -3.03. The number of aryl methyl sites for hydroxylation is 1. The van der Waals surface area contributed by atoms with Gasteiger partial charge in [-0.15, -0.1) is 0 Å². The van der Waals surface area contributed by atoms with Crippen LogP contribution in [0.3, 0.4) is 0 Å². The van der Waals surface area contributed by atoms with E-state index in [0.29, 0.717) is 12.5 Å². The maximum Gasteiger partial charge on any atom is 0.243 e. The minimum absolute atomic E-state index is 0.212. The fourth-order valence-electron chi connectivity index (χ4n) is 2.46. The summed E-state index contributed by atoms with van der Waals surface area (Å²) in [6, 6.07) is 9.90. The lowest BCUT2D eigenvalue weighted by Crippen LogP contribution is -2.42. The van der Waals surface area contributed by atoms with Crippen molar-refractivity contribution >= 4 is 17.6 Å². The summed E-state index contributed by atoms with van der Waals surface area (Å²) in [5.74, 6) is -4.42. The summed E-state index contributed by atoms with van der Waals surface area (Å²) in [7, 11) is 1.55. The molecule has 0 spiro atoms. The van der Waals surface area contributed by atoms with Gasteiger partial charge in [0.2, 0.25) is 5.91 Å². The molecule has 0 radical (unpaired) electrons. The van der Waals surface area contributed by atoms with Gasteiger partial charge in [-0.1, -0.05) is 36.8 Å². The van der Waals surface area contributed by atoms with Crippen LogP contribution < -0.4 is 16.0 Å². The molecule has 1 atom stereocenters. The number of amides is 1. The van der Waals surface area contributed by atoms with E-state index in [0.717, 1.165) is 12.1 Å². The number of guanidine groups is 1. The first-order valence-corrected chi connectivity index (χ1v) is 8.76. The number of nitrogens with zero attached hydrogens (tertiary/aromatic N) is 1. The van der Waals surface area contributed by atoms with Gasteiger partial charge in [-0.3, -0.25) is 9.79 Å². The van der Waals surface area contributed by atoms with Gasteiger partial charge >= 0.3 is 0 Å². The molecule has 0 bridgehead atoms. The van der Waals surface area contributed by atoms with Crippen molar-refractivity contribution in [3.8, 4) is 0 Å². The summed E-state index contributed by atoms with van der Waals surface area (Å²) in [4.78, 5) is 16.0. The van der Waals surface area contributed by atoms with Gasteiger partial charge in [-0.2, -0.15) is 0 Å². The van der Waals surface area contributed by atoms with Crippen LogP contribution in [0.25, 0.3) is 0 Å². The third kappa shape index (κ3) is 5.73. The monoisotopic (exact) mass is 392 g/mol. The Balaban J connectivity index is 1.84. The summed E-state index contributed by atoms with van der Waals surface area (Å²) in [6.07, 6.45) is 0. The van der Waals surface area contributed by atoms with Crippen LogP contribution in [-0.2, 0) is 4.79 Å². The third-order valence-electron chi connectivity index (χ3n) is 4.17. The predicted octanol–water partition coefficient (Wildman–Crippen LogP) is 3.32. The Morgan fingerprint density at radius 3 is 2.36 bits per heavy atom. The highest BCUT2D eigenvalue weighted by Gasteiger charge is 2.15. The van der Waals surface area contributed by atoms with Crippen LogP contribution in [0.1, 0.15) is 24.0 Å². The molecule has 0 saturated heterocycles. The number of rotatable bonds is 6. The van der Waals surface area contributed by atoms with Gasteiger partial charge in [0.05, 0.1) is 12.2 Å². The predicted molar refractivity (Wildman–Crippen MR) is 104 cm³/mol. The van der Waals surface area contributed by atoms with Gasteiger partial charge in [0.15, 0.2) is 23.4 Å². The van der Waals surface area contributed by atoms with E-state index in [1.165, 1.54) is 11.1 Å². The molecule has 1 unspecified atom stereocenters. The second-order valence-electron chi connectivity index (χ2n) is 6.39. The maximum absolute atomic E-state index is 13.6. The molecule has 5 nitrogen and oxygen atoms in total. The smallest absolute Gasteiger partial charge is 0.243 e. The molecular formula is C20H23F3N4O. The van der Waals surface area contributed by atoms with Crippen molar-refractivity contribution in [1.82, 2.24) is 10.6 Å². The molecule has 0 aliphatic carbocycles. The summed E-state index contributed by atoms with van der Waals surface area (Å²) in [6.45, 7) is 4.44. The van der Waals surface area contributed by atoms with Gasteiger partial charge in [0, 0.05) is 13.6 Å². The first-order valence-electron chi connectivity index (χ1n) is 8.76. The van der Waals surface area contributed by atoms with Crippen LogP contribution in [0, 0.1) is 24.4 Å². The van der Waals surface area contributed by atoms with E-state index in [4.69, 9.17) is 0 Å². The highest BCUT2D eigenvalue weighted by atomic mass is 19.2. The molecule has 2 aromatic carbocycles. The van der Waals surface area contributed by atoms with Gasteiger partial charge < -0.3 is 16.0 Å². The number of carbonyl (C=O) groups is 1. The molecule has 150 valence electrons. The molecule has 0 fully saturated rings. The topological polar surface area (TPSA) is 65.5 Å². The molecule has 0 heterocycles. The summed E-state index contributed by atoms with van der Waals surface area (Å²) < 4.78 is 39.7. The van der Waals surface area contributed by atoms with E-state index in [9.17, 15) is 18.0 Å². The Morgan fingerprint density at radius 2 is 1.71 bits per heavy atom. The molecule has 2 aromatic rings. The molecule has 0 saturated carbocycles. The number of carbonyl (C=O) groups excluding carboxylic acids is 1. The van der Waals surface area contributed by atoms with E-state index >= 15 is 0 Å². The number of hydrogen-bond acceptors (Lipinski definition) is 2. The average Bonchev–Trinajstić information content (AvgIpc) is 2.69. The lowest BCUT2D eigenvalue weighted by molar-refractivity contribution is -0.115.